The number of furan rings is 1. The van der Waals surface area contributed by atoms with Gasteiger partial charge in [0.25, 0.3) is 0 Å². The van der Waals surface area contributed by atoms with Crippen molar-refractivity contribution in [2.45, 2.75) is 19.6 Å². The average Bonchev–Trinajstić information content (AvgIpc) is 3.45. The van der Waals surface area contributed by atoms with E-state index in [9.17, 15) is 8.94 Å². The molecule has 3 aromatic carbocycles. The first-order valence-corrected chi connectivity index (χ1v) is 15.2. The van der Waals surface area contributed by atoms with Crippen LogP contribution in [0.5, 0.6) is 5.75 Å². The maximum absolute atomic E-state index is 13.5. The lowest BCUT2D eigenvalue weighted by molar-refractivity contribution is 0.245. The lowest BCUT2D eigenvalue weighted by Crippen LogP contribution is -2.29. The zero-order valence-electron chi connectivity index (χ0n) is 22.9. The Balaban J connectivity index is 1.37. The summed E-state index contributed by atoms with van der Waals surface area (Å²) in [6.07, 6.45) is 3.21. The van der Waals surface area contributed by atoms with E-state index in [-0.39, 0.29) is 18.5 Å². The molecule has 0 aliphatic heterocycles. The van der Waals surface area contributed by atoms with Gasteiger partial charge in [-0.2, -0.15) is 0 Å². The molecule has 5 rings (SSSR count). The first kappa shape index (κ1) is 28.9. The lowest BCUT2D eigenvalue weighted by Gasteiger charge is -2.24. The van der Waals surface area contributed by atoms with Gasteiger partial charge >= 0.3 is 0 Å². The Labute approximate surface area is 246 Å². The Morgan fingerprint density at radius 3 is 2.71 bits per heavy atom. The number of anilines is 2. The summed E-state index contributed by atoms with van der Waals surface area (Å²) in [5.74, 6) is 2.76. The molecule has 0 radical (unpaired) electrons. The van der Waals surface area contributed by atoms with Gasteiger partial charge in [-0.3, -0.25) is 4.90 Å². The summed E-state index contributed by atoms with van der Waals surface area (Å²) in [6.45, 7) is 3.07. The van der Waals surface area contributed by atoms with Gasteiger partial charge in [-0.1, -0.05) is 41.8 Å². The monoisotopic (exact) mass is 592 g/mol. The van der Waals surface area contributed by atoms with Gasteiger partial charge in [0, 0.05) is 16.6 Å². The number of hydrogen-bond donors (Lipinski definition) is 1. The molecule has 0 saturated heterocycles. The fraction of sp³-hybridized carbons (Fsp3) is 0.226. The van der Waals surface area contributed by atoms with Crippen molar-refractivity contribution in [1.82, 2.24) is 14.9 Å². The highest BCUT2D eigenvalue weighted by molar-refractivity contribution is 7.90. The number of fused-ring (bicyclic) bond motifs is 1. The van der Waals surface area contributed by atoms with E-state index in [0.29, 0.717) is 33.7 Å². The summed E-state index contributed by atoms with van der Waals surface area (Å²) >= 11 is 5.54. The number of nitrogens with zero attached hydrogens (tertiary/aromatic N) is 3. The minimum atomic E-state index is -0.967. The van der Waals surface area contributed by atoms with Crippen LogP contribution in [-0.2, 0) is 17.8 Å². The number of ether oxygens (including phenoxy) is 1. The van der Waals surface area contributed by atoms with Crippen LogP contribution in [-0.4, -0.2) is 45.0 Å². The fourth-order valence-corrected chi connectivity index (χ4v) is 5.58. The largest absolute Gasteiger partial charge is 0.616 e. The second-order valence-electron chi connectivity index (χ2n) is 9.67. The maximum Gasteiger partial charge on any atom is 0.141 e. The Kier molecular flexibility index (Phi) is 9.09. The number of aromatic nitrogens is 2. The summed E-state index contributed by atoms with van der Waals surface area (Å²) in [5.41, 5.74) is 3.07. The van der Waals surface area contributed by atoms with Crippen molar-refractivity contribution in [1.29, 1.82) is 0 Å². The summed E-state index contributed by atoms with van der Waals surface area (Å²) in [7, 11) is 2.00. The molecule has 10 heteroatoms. The highest BCUT2D eigenvalue weighted by Gasteiger charge is 2.24. The van der Waals surface area contributed by atoms with Crippen molar-refractivity contribution in [2.75, 3.05) is 30.9 Å². The molecule has 0 saturated carbocycles. The summed E-state index contributed by atoms with van der Waals surface area (Å²) < 4.78 is 37.5. The van der Waals surface area contributed by atoms with Crippen LogP contribution in [0, 0.1) is 5.82 Å². The Morgan fingerprint density at radius 2 is 1.95 bits per heavy atom. The van der Waals surface area contributed by atoms with E-state index in [1.165, 1.54) is 18.5 Å². The van der Waals surface area contributed by atoms with Gasteiger partial charge in [0.2, 0.25) is 0 Å². The number of hydrogen-bond acceptors (Lipinski definition) is 7. The third-order valence-electron chi connectivity index (χ3n) is 6.78. The predicted octanol–water partition coefficient (Wildman–Crippen LogP) is 7.38. The molecular formula is C31H30ClFN4O3S. The third-order valence-corrected chi connectivity index (χ3v) is 7.86. The van der Waals surface area contributed by atoms with Crippen molar-refractivity contribution >= 4 is 45.2 Å². The highest BCUT2D eigenvalue weighted by atomic mass is 35.5. The number of halogens is 2. The lowest BCUT2D eigenvalue weighted by atomic mass is 10.1. The highest BCUT2D eigenvalue weighted by Crippen LogP contribution is 2.34. The van der Waals surface area contributed by atoms with Gasteiger partial charge in [-0.05, 0) is 79.8 Å². The van der Waals surface area contributed by atoms with Crippen LogP contribution in [0.25, 0.3) is 22.2 Å². The topological polar surface area (TPSA) is 86.5 Å². The van der Waals surface area contributed by atoms with Crippen LogP contribution < -0.4 is 10.1 Å². The smallest absolute Gasteiger partial charge is 0.141 e. The second kappa shape index (κ2) is 12.9. The molecule has 2 atom stereocenters. The quantitative estimate of drug-likeness (QED) is 0.160. The van der Waals surface area contributed by atoms with Gasteiger partial charge in [0.15, 0.2) is 0 Å². The molecule has 0 amide bonds. The molecule has 7 nitrogen and oxygen atoms in total. The second-order valence-corrected chi connectivity index (χ2v) is 11.6. The van der Waals surface area contributed by atoms with Crippen LogP contribution in [0.1, 0.15) is 24.3 Å². The van der Waals surface area contributed by atoms with E-state index in [0.717, 1.165) is 34.5 Å². The summed E-state index contributed by atoms with van der Waals surface area (Å²) in [4.78, 5) is 11.0. The molecule has 0 aliphatic rings. The van der Waals surface area contributed by atoms with Crippen molar-refractivity contribution in [3.8, 4) is 17.1 Å². The minimum absolute atomic E-state index is 0.0776. The number of nitrogens with one attached hydrogen (secondary N) is 1. The van der Waals surface area contributed by atoms with Gasteiger partial charge in [-0.25, -0.2) is 14.4 Å². The zero-order chi connectivity index (χ0) is 28.9. The molecule has 0 fully saturated rings. The van der Waals surface area contributed by atoms with E-state index >= 15 is 0 Å². The van der Waals surface area contributed by atoms with Gasteiger partial charge in [0.1, 0.15) is 53.6 Å². The molecular weight excluding hydrogens is 563 g/mol. The Morgan fingerprint density at radius 1 is 1.10 bits per heavy atom. The average molecular weight is 593 g/mol. The van der Waals surface area contributed by atoms with Gasteiger partial charge in [-0.15, -0.1) is 0 Å². The van der Waals surface area contributed by atoms with E-state index in [2.05, 4.69) is 27.1 Å². The van der Waals surface area contributed by atoms with Crippen LogP contribution in [0.4, 0.5) is 15.9 Å². The molecule has 0 bridgehead atoms. The SMILES string of the molecule is CCN(C)[C@H](C[S+](C)[O-])c1ccc(-c2ccc3ncnc(Nc4ccc(OCc5cccc(F)c5)c(Cl)c4)c3c2)o1. The Bertz CT molecular complexity index is 1650. The molecule has 1 N–H and O–H groups in total. The molecule has 41 heavy (non-hydrogen) atoms. The van der Waals surface area contributed by atoms with E-state index < -0.39 is 11.2 Å². The third kappa shape index (κ3) is 7.00. The van der Waals surface area contributed by atoms with Crippen molar-refractivity contribution in [2.24, 2.45) is 0 Å². The molecule has 2 aromatic heterocycles. The number of rotatable bonds is 11. The van der Waals surface area contributed by atoms with Crippen molar-refractivity contribution in [3.05, 3.63) is 101 Å². The van der Waals surface area contributed by atoms with Crippen LogP contribution >= 0.6 is 11.6 Å². The maximum atomic E-state index is 13.5. The zero-order valence-corrected chi connectivity index (χ0v) is 24.5. The Hall–Kier alpha value is -3.63. The van der Waals surface area contributed by atoms with E-state index in [4.69, 9.17) is 20.8 Å². The van der Waals surface area contributed by atoms with Crippen molar-refractivity contribution in [3.63, 3.8) is 0 Å². The number of benzene rings is 3. The first-order chi connectivity index (χ1) is 19.8. The van der Waals surface area contributed by atoms with E-state index in [1.54, 1.807) is 30.5 Å². The van der Waals surface area contributed by atoms with Crippen LogP contribution in [0.2, 0.25) is 5.02 Å². The first-order valence-electron chi connectivity index (χ1n) is 13.1. The minimum Gasteiger partial charge on any atom is -0.616 e. The fourth-order valence-electron chi connectivity index (χ4n) is 4.49. The van der Waals surface area contributed by atoms with Gasteiger partial charge < -0.3 is 19.0 Å². The van der Waals surface area contributed by atoms with Gasteiger partial charge in [0.05, 0.1) is 16.8 Å². The standard InChI is InChI=1S/C31H30ClFN4O3S/c1-4-37(2)27(18-41(3)38)30-13-12-28(40-30)21-8-10-26-24(15-21)31(35-19-34-26)36-23-9-11-29(25(32)16-23)39-17-20-6-5-7-22(33)14-20/h5-16,19,27H,4,17-18H2,1-3H3,(H,34,35,36)/t27-,41?/m1/s1. The van der Waals surface area contributed by atoms with Crippen LogP contribution in [0.15, 0.2) is 83.5 Å². The molecule has 2 heterocycles. The molecule has 0 aliphatic carbocycles. The summed E-state index contributed by atoms with van der Waals surface area (Å²) in [6, 6.07) is 21.3. The molecule has 5 aromatic rings. The van der Waals surface area contributed by atoms with Crippen molar-refractivity contribution < 1.29 is 18.1 Å². The van der Waals surface area contributed by atoms with E-state index in [1.807, 2.05) is 43.4 Å². The normalized spacial score (nSPS) is 13.0. The predicted molar refractivity (Wildman–Crippen MR) is 163 cm³/mol. The molecule has 1 unspecified atom stereocenters. The molecule has 0 spiro atoms. The molecule has 212 valence electrons. The summed E-state index contributed by atoms with van der Waals surface area (Å²) in [5, 5.41) is 4.55. The van der Waals surface area contributed by atoms with Crippen LogP contribution in [0.3, 0.4) is 0 Å².